The molecule has 0 aliphatic rings. The first kappa shape index (κ1) is 14.7. The first-order valence-corrected chi connectivity index (χ1v) is 5.91. The summed E-state index contributed by atoms with van der Waals surface area (Å²) in [6.07, 6.45) is -4.38. The summed E-state index contributed by atoms with van der Waals surface area (Å²) < 4.78 is 37.1. The van der Waals surface area contributed by atoms with Gasteiger partial charge in [-0.1, -0.05) is 0 Å². The van der Waals surface area contributed by atoms with Crippen molar-refractivity contribution in [3.05, 3.63) is 21.9 Å². The van der Waals surface area contributed by atoms with Gasteiger partial charge in [-0.15, -0.1) is 11.3 Å². The lowest BCUT2D eigenvalue weighted by atomic mass is 10.3. The van der Waals surface area contributed by atoms with E-state index in [9.17, 15) is 18.0 Å². The Kier molecular flexibility index (Phi) is 4.52. The second-order valence-electron chi connectivity index (χ2n) is 3.32. The third-order valence-corrected chi connectivity index (χ3v) is 3.29. The molecule has 0 saturated heterocycles. The molecule has 0 aromatic carbocycles. The summed E-state index contributed by atoms with van der Waals surface area (Å²) >= 11 is 4.96. The number of hydrogen-bond acceptors (Lipinski definition) is 3. The van der Waals surface area contributed by atoms with Crippen LogP contribution in [0.15, 0.2) is 17.1 Å². The van der Waals surface area contributed by atoms with Crippen LogP contribution >= 0.6 is 11.3 Å². The van der Waals surface area contributed by atoms with Crippen LogP contribution in [0, 0.1) is 0 Å². The van der Waals surface area contributed by atoms with Crippen LogP contribution in [0.5, 0.6) is 0 Å². The van der Waals surface area contributed by atoms with E-state index in [-0.39, 0.29) is 5.17 Å². The molecule has 3 N–H and O–H groups in total. The quantitative estimate of drug-likeness (QED) is 0.500. The second-order valence-corrected chi connectivity index (χ2v) is 4.85. The van der Waals surface area contributed by atoms with E-state index in [0.29, 0.717) is 16.2 Å². The molecule has 2 amide bonds. The molecule has 0 spiro atoms. The number of amidine groups is 1. The number of rotatable bonds is 2. The molecule has 0 aliphatic heterocycles. The fourth-order valence-electron chi connectivity index (χ4n) is 1.13. The van der Waals surface area contributed by atoms with Crippen molar-refractivity contribution in [1.82, 2.24) is 5.32 Å². The largest absolute Gasteiger partial charge is 0.743 e. The number of nitrogens with zero attached hydrogens (tertiary/aromatic N) is 1. The highest BCUT2D eigenvalue weighted by Gasteiger charge is 2.32. The molecule has 18 heavy (non-hydrogen) atoms. The van der Waals surface area contributed by atoms with Crippen molar-refractivity contribution in [1.29, 1.82) is 0 Å². The molecule has 0 aliphatic carbocycles. The number of aliphatic imine (C=N–C) groups is 1. The molecule has 0 bridgehead atoms. The van der Waals surface area contributed by atoms with Gasteiger partial charge in [-0.2, -0.15) is 13.2 Å². The van der Waals surface area contributed by atoms with Gasteiger partial charge in [0.05, 0.1) is 6.04 Å². The smallest absolute Gasteiger partial charge is 0.425 e. The lowest BCUT2D eigenvalue weighted by Gasteiger charge is -2.11. The summed E-state index contributed by atoms with van der Waals surface area (Å²) in [7, 11) is 0. The number of carbonyl (C=O) groups excluding carboxylic acids is 1. The van der Waals surface area contributed by atoms with Gasteiger partial charge in [-0.05, 0) is 24.2 Å². The molecule has 4 nitrogen and oxygen atoms in total. The van der Waals surface area contributed by atoms with Crippen molar-refractivity contribution in [3.8, 4) is 0 Å². The topological polar surface area (TPSA) is 67.5 Å². The van der Waals surface area contributed by atoms with Crippen LogP contribution < -0.4 is 11.1 Å². The Balaban J connectivity index is 2.74. The van der Waals surface area contributed by atoms with Crippen LogP contribution in [-0.4, -0.2) is 11.2 Å². The standard InChI is InChI=1S/C9H10F3N3OS2/c1-4(14-8(16)15-7(13)17)5-2-3-6(18-5)9(10,11)12/h2-4H,1H3,(H4,13,14,15,16,17)/p-1. The van der Waals surface area contributed by atoms with Crippen LogP contribution in [0.25, 0.3) is 0 Å². The SMILES string of the molecule is CC(NC(=O)/N=C(/N)[S-])c1ccc(C(F)(F)F)s1. The van der Waals surface area contributed by atoms with E-state index in [2.05, 4.69) is 22.9 Å². The molecule has 1 aromatic heterocycles. The van der Waals surface area contributed by atoms with Gasteiger partial charge in [0.25, 0.3) is 0 Å². The van der Waals surface area contributed by atoms with Gasteiger partial charge < -0.3 is 23.7 Å². The Hall–Kier alpha value is -1.35. The summed E-state index contributed by atoms with van der Waals surface area (Å²) in [5.74, 6) is 0. The Morgan fingerprint density at radius 1 is 1.56 bits per heavy atom. The minimum atomic E-state index is -4.38. The summed E-state index contributed by atoms with van der Waals surface area (Å²) in [6.45, 7) is 1.54. The maximum absolute atomic E-state index is 12.4. The van der Waals surface area contributed by atoms with E-state index in [1.165, 1.54) is 6.07 Å². The summed E-state index contributed by atoms with van der Waals surface area (Å²) in [4.78, 5) is 14.1. The number of urea groups is 1. The lowest BCUT2D eigenvalue weighted by molar-refractivity contribution is -0.134. The first-order valence-electron chi connectivity index (χ1n) is 4.68. The third-order valence-electron chi connectivity index (χ3n) is 1.88. The van der Waals surface area contributed by atoms with Crippen molar-refractivity contribution >= 4 is 35.2 Å². The maximum Gasteiger partial charge on any atom is 0.425 e. The maximum atomic E-state index is 12.4. The normalized spacial score (nSPS) is 14.3. The Morgan fingerprint density at radius 2 is 2.17 bits per heavy atom. The number of amides is 2. The van der Waals surface area contributed by atoms with Crippen molar-refractivity contribution in [3.63, 3.8) is 0 Å². The van der Waals surface area contributed by atoms with E-state index in [4.69, 9.17) is 5.73 Å². The summed E-state index contributed by atoms with van der Waals surface area (Å²) in [5.41, 5.74) is 5.03. The zero-order chi connectivity index (χ0) is 13.9. The second kappa shape index (κ2) is 5.53. The molecular weight excluding hydrogens is 287 g/mol. The number of thiophene rings is 1. The lowest BCUT2D eigenvalue weighted by Crippen LogP contribution is -2.25. The highest BCUT2D eigenvalue weighted by molar-refractivity contribution is 7.77. The number of nitrogens with two attached hydrogens (primary N) is 1. The van der Waals surface area contributed by atoms with Gasteiger partial charge in [-0.25, -0.2) is 9.79 Å². The Morgan fingerprint density at radius 3 is 2.61 bits per heavy atom. The number of carbonyl (C=O) groups is 1. The van der Waals surface area contributed by atoms with E-state index in [1.54, 1.807) is 6.92 Å². The molecule has 1 unspecified atom stereocenters. The van der Waals surface area contributed by atoms with Gasteiger partial charge in [0, 0.05) is 4.88 Å². The molecule has 0 fully saturated rings. The van der Waals surface area contributed by atoms with Gasteiger partial charge in [0.1, 0.15) is 4.88 Å². The fourth-order valence-corrected chi connectivity index (χ4v) is 2.09. The zero-order valence-corrected chi connectivity index (χ0v) is 10.7. The van der Waals surface area contributed by atoms with Gasteiger partial charge >= 0.3 is 12.2 Å². The molecule has 1 heterocycles. The molecule has 0 radical (unpaired) electrons. The van der Waals surface area contributed by atoms with Crippen molar-refractivity contribution < 1.29 is 18.0 Å². The zero-order valence-electron chi connectivity index (χ0n) is 9.12. The molecule has 1 aromatic rings. The number of alkyl halides is 3. The van der Waals surface area contributed by atoms with Gasteiger partial charge in [0.2, 0.25) is 0 Å². The molecular formula is C9H9F3N3OS2-. The Labute approximate surface area is 110 Å². The predicted molar refractivity (Wildman–Crippen MR) is 65.3 cm³/mol. The molecule has 1 atom stereocenters. The van der Waals surface area contributed by atoms with E-state index >= 15 is 0 Å². The van der Waals surface area contributed by atoms with Crippen molar-refractivity contribution in [2.75, 3.05) is 0 Å². The van der Waals surface area contributed by atoms with Crippen molar-refractivity contribution in [2.45, 2.75) is 19.1 Å². The summed E-state index contributed by atoms with van der Waals surface area (Å²) in [6, 6.07) is 0.890. The van der Waals surface area contributed by atoms with Crippen LogP contribution in [-0.2, 0) is 18.8 Å². The van der Waals surface area contributed by atoms with Crippen LogP contribution in [0.3, 0.4) is 0 Å². The average molecular weight is 296 g/mol. The highest BCUT2D eigenvalue weighted by Crippen LogP contribution is 2.36. The van der Waals surface area contributed by atoms with Crippen LogP contribution in [0.2, 0.25) is 0 Å². The molecule has 9 heteroatoms. The first-order chi connectivity index (χ1) is 8.20. The number of hydrogen-bond donors (Lipinski definition) is 2. The van der Waals surface area contributed by atoms with Crippen LogP contribution in [0.1, 0.15) is 22.7 Å². The van der Waals surface area contributed by atoms with Crippen molar-refractivity contribution in [2.24, 2.45) is 10.7 Å². The minimum absolute atomic E-state index is 0.332. The number of halogens is 3. The third kappa shape index (κ3) is 4.15. The highest BCUT2D eigenvalue weighted by atomic mass is 32.1. The minimum Gasteiger partial charge on any atom is -0.743 e. The molecule has 1 rings (SSSR count). The van der Waals surface area contributed by atoms with E-state index in [0.717, 1.165) is 6.07 Å². The van der Waals surface area contributed by atoms with E-state index in [1.807, 2.05) is 0 Å². The fraction of sp³-hybridized carbons (Fsp3) is 0.333. The van der Waals surface area contributed by atoms with Gasteiger partial charge in [-0.3, -0.25) is 0 Å². The average Bonchev–Trinajstić information content (AvgIpc) is 2.63. The predicted octanol–water partition coefficient (Wildman–Crippen LogP) is 2.40. The molecule has 0 saturated carbocycles. The van der Waals surface area contributed by atoms with Crippen LogP contribution in [0.4, 0.5) is 18.0 Å². The monoisotopic (exact) mass is 296 g/mol. The molecule has 100 valence electrons. The Bertz CT molecular complexity index is 466. The van der Waals surface area contributed by atoms with Gasteiger partial charge in [0.15, 0.2) is 0 Å². The van der Waals surface area contributed by atoms with E-state index < -0.39 is 23.1 Å². The number of nitrogens with one attached hydrogen (secondary N) is 1. The summed E-state index contributed by atoms with van der Waals surface area (Å²) in [5, 5.41) is 2.03.